The van der Waals surface area contributed by atoms with Gasteiger partial charge in [-0.05, 0) is 30.5 Å². The molecule has 1 aromatic rings. The van der Waals surface area contributed by atoms with E-state index in [0.717, 1.165) is 48.8 Å². The Hall–Kier alpha value is -1.46. The summed E-state index contributed by atoms with van der Waals surface area (Å²) in [5.74, 6) is 2.17. The zero-order valence-electron chi connectivity index (χ0n) is 12.8. The Kier molecular flexibility index (Phi) is 4.22. The molecule has 2 heterocycles. The van der Waals surface area contributed by atoms with Crippen LogP contribution in [0.3, 0.4) is 0 Å². The molecule has 2 aliphatic rings. The normalized spacial score (nSPS) is 25.8. The number of likely N-dealkylation sites (tertiary alicyclic amines) is 1. The van der Waals surface area contributed by atoms with Gasteiger partial charge in [0, 0.05) is 32.0 Å². The van der Waals surface area contributed by atoms with E-state index in [1.807, 2.05) is 12.1 Å². The van der Waals surface area contributed by atoms with Crippen molar-refractivity contribution in [3.63, 3.8) is 0 Å². The molecule has 0 aromatic heterocycles. The molecule has 0 saturated carbocycles. The van der Waals surface area contributed by atoms with Crippen LogP contribution < -0.4 is 15.2 Å². The topological polar surface area (TPSA) is 57.0 Å². The van der Waals surface area contributed by atoms with Gasteiger partial charge in [0.25, 0.3) is 0 Å². The second kappa shape index (κ2) is 6.12. The van der Waals surface area contributed by atoms with E-state index in [-0.39, 0.29) is 0 Å². The van der Waals surface area contributed by atoms with Crippen molar-refractivity contribution in [2.75, 3.05) is 39.1 Å². The fourth-order valence-corrected chi connectivity index (χ4v) is 3.07. The summed E-state index contributed by atoms with van der Waals surface area (Å²) in [7, 11) is 1.79. The summed E-state index contributed by atoms with van der Waals surface area (Å²) < 4.78 is 16.8. The number of fused-ring (bicyclic) bond motifs is 1. The molecule has 0 aliphatic carbocycles. The molecule has 2 N–H and O–H groups in total. The van der Waals surface area contributed by atoms with Crippen LogP contribution in [0.15, 0.2) is 12.1 Å². The number of nitrogen functional groups attached to an aromatic ring is 1. The summed E-state index contributed by atoms with van der Waals surface area (Å²) in [5, 5.41) is 0. The van der Waals surface area contributed by atoms with Crippen LogP contribution in [0.25, 0.3) is 0 Å². The van der Waals surface area contributed by atoms with E-state index in [1.54, 1.807) is 7.11 Å². The Balaban J connectivity index is 1.72. The quantitative estimate of drug-likeness (QED) is 0.862. The number of hydrogen-bond donors (Lipinski definition) is 1. The Morgan fingerprint density at radius 2 is 2.00 bits per heavy atom. The molecule has 5 heteroatoms. The minimum Gasteiger partial charge on any atom is -0.486 e. The average molecular weight is 292 g/mol. The van der Waals surface area contributed by atoms with Crippen molar-refractivity contribution in [1.82, 2.24) is 4.90 Å². The third kappa shape index (κ3) is 3.09. The molecule has 0 amide bonds. The average Bonchev–Trinajstić information content (AvgIpc) is 2.50. The van der Waals surface area contributed by atoms with Crippen LogP contribution in [0.4, 0.5) is 5.69 Å². The number of methoxy groups -OCH3 is 1. The van der Waals surface area contributed by atoms with Crippen molar-refractivity contribution in [3.8, 4) is 11.5 Å². The number of benzene rings is 1. The lowest BCUT2D eigenvalue weighted by atomic mass is 9.95. The van der Waals surface area contributed by atoms with E-state index in [4.69, 9.17) is 19.9 Å². The number of nitrogens with zero attached hydrogens (tertiary/aromatic N) is 1. The molecule has 0 spiro atoms. The third-order valence-electron chi connectivity index (χ3n) is 4.47. The largest absolute Gasteiger partial charge is 0.486 e. The first kappa shape index (κ1) is 14.5. The fraction of sp³-hybridized carbons (Fsp3) is 0.625. The van der Waals surface area contributed by atoms with Crippen LogP contribution in [0.5, 0.6) is 11.5 Å². The number of anilines is 1. The molecule has 1 saturated heterocycles. The Morgan fingerprint density at radius 1 is 1.29 bits per heavy atom. The SMILES string of the molecule is COC1CN(Cc2cc3c(cc2N)OCCO3)CCC1C. The van der Waals surface area contributed by atoms with Gasteiger partial charge in [-0.3, -0.25) is 4.90 Å². The van der Waals surface area contributed by atoms with Gasteiger partial charge in [0.15, 0.2) is 11.5 Å². The molecule has 116 valence electrons. The molecule has 2 unspecified atom stereocenters. The maximum absolute atomic E-state index is 6.16. The minimum absolute atomic E-state index is 0.303. The lowest BCUT2D eigenvalue weighted by molar-refractivity contribution is -0.00742. The Morgan fingerprint density at radius 3 is 2.71 bits per heavy atom. The van der Waals surface area contributed by atoms with Gasteiger partial charge in [0.05, 0.1) is 6.10 Å². The maximum Gasteiger partial charge on any atom is 0.163 e. The van der Waals surface area contributed by atoms with Crippen molar-refractivity contribution >= 4 is 5.69 Å². The highest BCUT2D eigenvalue weighted by Gasteiger charge is 2.26. The summed E-state index contributed by atoms with van der Waals surface area (Å²) in [5.41, 5.74) is 8.03. The van der Waals surface area contributed by atoms with Crippen LogP contribution in [0, 0.1) is 5.92 Å². The van der Waals surface area contributed by atoms with Gasteiger partial charge in [-0.2, -0.15) is 0 Å². The molecule has 0 bridgehead atoms. The highest BCUT2D eigenvalue weighted by atomic mass is 16.6. The number of rotatable bonds is 3. The first-order valence-electron chi connectivity index (χ1n) is 7.60. The van der Waals surface area contributed by atoms with Crippen molar-refractivity contribution in [2.24, 2.45) is 5.92 Å². The Bertz CT molecular complexity index is 507. The van der Waals surface area contributed by atoms with E-state index < -0.39 is 0 Å². The Labute approximate surface area is 126 Å². The van der Waals surface area contributed by atoms with E-state index in [0.29, 0.717) is 25.2 Å². The first-order valence-corrected chi connectivity index (χ1v) is 7.60. The number of hydrogen-bond acceptors (Lipinski definition) is 5. The van der Waals surface area contributed by atoms with E-state index in [1.165, 1.54) is 0 Å². The van der Waals surface area contributed by atoms with Gasteiger partial charge in [-0.15, -0.1) is 0 Å². The summed E-state index contributed by atoms with van der Waals surface area (Å²) >= 11 is 0. The standard InChI is InChI=1S/C16H24N2O3/c1-11-3-4-18(10-16(11)19-2)9-12-7-14-15(8-13(12)17)21-6-5-20-14/h7-8,11,16H,3-6,9-10,17H2,1-2H3. The van der Waals surface area contributed by atoms with Crippen molar-refractivity contribution < 1.29 is 14.2 Å². The third-order valence-corrected chi connectivity index (χ3v) is 4.47. The molecule has 3 rings (SSSR count). The van der Waals surface area contributed by atoms with Gasteiger partial charge in [0.2, 0.25) is 0 Å². The zero-order chi connectivity index (χ0) is 14.8. The van der Waals surface area contributed by atoms with E-state index >= 15 is 0 Å². The molecular weight excluding hydrogens is 268 g/mol. The summed E-state index contributed by atoms with van der Waals surface area (Å²) in [6.07, 6.45) is 1.46. The van der Waals surface area contributed by atoms with E-state index in [2.05, 4.69) is 11.8 Å². The maximum atomic E-state index is 6.16. The highest BCUT2D eigenvalue weighted by Crippen LogP contribution is 2.35. The van der Waals surface area contributed by atoms with Crippen LogP contribution in [0.1, 0.15) is 18.9 Å². The van der Waals surface area contributed by atoms with Gasteiger partial charge in [0.1, 0.15) is 13.2 Å². The molecule has 1 fully saturated rings. The monoisotopic (exact) mass is 292 g/mol. The highest BCUT2D eigenvalue weighted by molar-refractivity contribution is 5.58. The summed E-state index contributed by atoms with van der Waals surface area (Å²) in [6.45, 7) is 6.30. The molecule has 2 aliphatic heterocycles. The number of ether oxygens (including phenoxy) is 3. The predicted molar refractivity (Wildman–Crippen MR) is 81.7 cm³/mol. The second-order valence-corrected chi connectivity index (χ2v) is 5.97. The van der Waals surface area contributed by atoms with Crippen LogP contribution in [-0.4, -0.2) is 44.4 Å². The lowest BCUT2D eigenvalue weighted by Gasteiger charge is -2.36. The summed E-state index contributed by atoms with van der Waals surface area (Å²) in [4.78, 5) is 2.40. The van der Waals surface area contributed by atoms with Crippen molar-refractivity contribution in [3.05, 3.63) is 17.7 Å². The smallest absolute Gasteiger partial charge is 0.163 e. The van der Waals surface area contributed by atoms with Crippen molar-refractivity contribution in [2.45, 2.75) is 26.0 Å². The second-order valence-electron chi connectivity index (χ2n) is 5.97. The van der Waals surface area contributed by atoms with Crippen LogP contribution in [-0.2, 0) is 11.3 Å². The molecule has 1 aromatic carbocycles. The fourth-order valence-electron chi connectivity index (χ4n) is 3.07. The van der Waals surface area contributed by atoms with Gasteiger partial charge >= 0.3 is 0 Å². The number of nitrogens with two attached hydrogens (primary N) is 1. The van der Waals surface area contributed by atoms with Crippen LogP contribution in [0.2, 0.25) is 0 Å². The summed E-state index contributed by atoms with van der Waals surface area (Å²) in [6, 6.07) is 3.90. The van der Waals surface area contributed by atoms with Gasteiger partial charge < -0.3 is 19.9 Å². The molecule has 0 radical (unpaired) electrons. The predicted octanol–water partition coefficient (Wildman–Crippen LogP) is 1.90. The van der Waals surface area contributed by atoms with Crippen LogP contribution >= 0.6 is 0 Å². The first-order chi connectivity index (χ1) is 10.2. The molecule has 5 nitrogen and oxygen atoms in total. The van der Waals surface area contributed by atoms with Gasteiger partial charge in [-0.25, -0.2) is 0 Å². The molecular formula is C16H24N2O3. The van der Waals surface area contributed by atoms with Gasteiger partial charge in [-0.1, -0.05) is 6.92 Å². The minimum atomic E-state index is 0.303. The zero-order valence-corrected chi connectivity index (χ0v) is 12.8. The molecule has 21 heavy (non-hydrogen) atoms. The van der Waals surface area contributed by atoms with E-state index in [9.17, 15) is 0 Å². The number of piperidine rings is 1. The lowest BCUT2D eigenvalue weighted by Crippen LogP contribution is -2.43. The molecule has 2 atom stereocenters. The van der Waals surface area contributed by atoms with Crippen molar-refractivity contribution in [1.29, 1.82) is 0 Å².